The molecule has 2 aromatic carbocycles. The van der Waals surface area contributed by atoms with Gasteiger partial charge in [-0.3, -0.25) is 0 Å². The first-order chi connectivity index (χ1) is 8.84. The third kappa shape index (κ3) is 1.82. The molecule has 5 nitrogen and oxygen atoms in total. The second-order valence-corrected chi connectivity index (χ2v) is 3.80. The second-order valence-electron chi connectivity index (χ2n) is 3.80. The summed E-state index contributed by atoms with van der Waals surface area (Å²) in [6.07, 6.45) is 0. The molecule has 0 unspecified atom stereocenters. The molecular formula is C13H10N4O. The van der Waals surface area contributed by atoms with E-state index in [1.807, 2.05) is 30.3 Å². The van der Waals surface area contributed by atoms with E-state index in [9.17, 15) is 5.11 Å². The van der Waals surface area contributed by atoms with Gasteiger partial charge in [0, 0.05) is 5.56 Å². The van der Waals surface area contributed by atoms with Gasteiger partial charge in [0.25, 0.3) is 0 Å². The average Bonchev–Trinajstić information content (AvgIpc) is 2.90. The maximum absolute atomic E-state index is 9.28. The Morgan fingerprint density at radius 1 is 0.889 bits per heavy atom. The summed E-state index contributed by atoms with van der Waals surface area (Å²) in [4.78, 5) is 0. The molecule has 0 amide bonds. The fourth-order valence-electron chi connectivity index (χ4n) is 1.72. The molecule has 0 atom stereocenters. The molecule has 0 radical (unpaired) electrons. The number of phenols is 1. The van der Waals surface area contributed by atoms with Gasteiger partial charge in [-0.1, -0.05) is 30.3 Å². The molecule has 0 aliphatic carbocycles. The van der Waals surface area contributed by atoms with Crippen LogP contribution in [0.25, 0.3) is 17.1 Å². The lowest BCUT2D eigenvalue weighted by Crippen LogP contribution is -1.99. The molecular weight excluding hydrogens is 228 g/mol. The minimum Gasteiger partial charge on any atom is -0.508 e. The zero-order chi connectivity index (χ0) is 12.4. The van der Waals surface area contributed by atoms with Crippen molar-refractivity contribution < 1.29 is 5.11 Å². The Labute approximate surface area is 103 Å². The van der Waals surface area contributed by atoms with E-state index in [-0.39, 0.29) is 5.75 Å². The summed E-state index contributed by atoms with van der Waals surface area (Å²) in [5.41, 5.74) is 1.74. The van der Waals surface area contributed by atoms with Gasteiger partial charge in [0.15, 0.2) is 5.82 Å². The number of nitrogens with zero attached hydrogens (tertiary/aromatic N) is 4. The van der Waals surface area contributed by atoms with Crippen LogP contribution < -0.4 is 0 Å². The highest BCUT2D eigenvalue weighted by atomic mass is 16.3. The van der Waals surface area contributed by atoms with E-state index in [2.05, 4.69) is 15.5 Å². The van der Waals surface area contributed by atoms with Gasteiger partial charge in [-0.05, 0) is 34.7 Å². The van der Waals surface area contributed by atoms with Crippen LogP contribution in [0.1, 0.15) is 0 Å². The monoisotopic (exact) mass is 238 g/mol. The molecule has 1 heterocycles. The van der Waals surface area contributed by atoms with E-state index in [0.717, 1.165) is 11.3 Å². The highest BCUT2D eigenvalue weighted by Gasteiger charge is 2.09. The number of tetrazole rings is 1. The Kier molecular flexibility index (Phi) is 2.49. The van der Waals surface area contributed by atoms with Crippen molar-refractivity contribution in [2.45, 2.75) is 0 Å². The van der Waals surface area contributed by atoms with Crippen LogP contribution in [-0.4, -0.2) is 25.3 Å². The van der Waals surface area contributed by atoms with Gasteiger partial charge in [-0.2, -0.15) is 4.68 Å². The predicted octanol–water partition coefficient (Wildman–Crippen LogP) is 2.03. The van der Waals surface area contributed by atoms with Crippen molar-refractivity contribution in [3.8, 4) is 22.8 Å². The Morgan fingerprint density at radius 2 is 1.61 bits per heavy atom. The smallest absolute Gasteiger partial charge is 0.187 e. The number of aromatic hydroxyl groups is 1. The molecule has 0 fully saturated rings. The lowest BCUT2D eigenvalue weighted by atomic mass is 10.2. The molecule has 18 heavy (non-hydrogen) atoms. The van der Waals surface area contributed by atoms with Gasteiger partial charge >= 0.3 is 0 Å². The Hall–Kier alpha value is -2.69. The molecule has 5 heteroatoms. The number of hydrogen-bond donors (Lipinski definition) is 1. The molecule has 0 spiro atoms. The second kappa shape index (κ2) is 4.29. The highest BCUT2D eigenvalue weighted by molar-refractivity contribution is 5.57. The molecule has 0 aliphatic rings. The van der Waals surface area contributed by atoms with Crippen LogP contribution in [0.5, 0.6) is 5.75 Å². The summed E-state index contributed by atoms with van der Waals surface area (Å²) in [6.45, 7) is 0. The predicted molar refractivity (Wildman–Crippen MR) is 66.3 cm³/mol. The van der Waals surface area contributed by atoms with Gasteiger partial charge in [-0.25, -0.2) is 0 Å². The fourth-order valence-corrected chi connectivity index (χ4v) is 1.72. The minimum absolute atomic E-state index is 0.216. The number of aromatic nitrogens is 4. The van der Waals surface area contributed by atoms with E-state index >= 15 is 0 Å². The Bertz CT molecular complexity index is 646. The maximum Gasteiger partial charge on any atom is 0.187 e. The van der Waals surface area contributed by atoms with Crippen molar-refractivity contribution in [3.05, 3.63) is 54.6 Å². The summed E-state index contributed by atoms with van der Waals surface area (Å²) in [5, 5.41) is 21.0. The largest absolute Gasteiger partial charge is 0.508 e. The highest BCUT2D eigenvalue weighted by Crippen LogP contribution is 2.20. The van der Waals surface area contributed by atoms with Gasteiger partial charge < -0.3 is 5.11 Å². The lowest BCUT2D eigenvalue weighted by molar-refractivity contribution is 0.475. The van der Waals surface area contributed by atoms with Crippen LogP contribution in [0, 0.1) is 0 Å². The molecule has 0 saturated carbocycles. The molecule has 1 aromatic heterocycles. The molecule has 0 bridgehead atoms. The summed E-state index contributed by atoms with van der Waals surface area (Å²) >= 11 is 0. The van der Waals surface area contributed by atoms with Crippen LogP contribution >= 0.6 is 0 Å². The molecule has 3 aromatic rings. The van der Waals surface area contributed by atoms with Crippen LogP contribution in [0.15, 0.2) is 54.6 Å². The topological polar surface area (TPSA) is 63.8 Å². The van der Waals surface area contributed by atoms with Crippen molar-refractivity contribution in [3.63, 3.8) is 0 Å². The van der Waals surface area contributed by atoms with Crippen LogP contribution in [0.2, 0.25) is 0 Å². The lowest BCUT2D eigenvalue weighted by Gasteiger charge is -2.04. The van der Waals surface area contributed by atoms with Crippen LogP contribution in [-0.2, 0) is 0 Å². The van der Waals surface area contributed by atoms with Crippen molar-refractivity contribution in [2.24, 2.45) is 0 Å². The molecule has 0 saturated heterocycles. The fraction of sp³-hybridized carbons (Fsp3) is 0. The van der Waals surface area contributed by atoms with Crippen molar-refractivity contribution in [2.75, 3.05) is 0 Å². The van der Waals surface area contributed by atoms with Gasteiger partial charge in [0.2, 0.25) is 0 Å². The number of hydrogen-bond acceptors (Lipinski definition) is 4. The first-order valence-corrected chi connectivity index (χ1v) is 5.48. The van der Waals surface area contributed by atoms with E-state index in [0.29, 0.717) is 5.82 Å². The molecule has 1 N–H and O–H groups in total. The number of phenolic OH excluding ortho intramolecular Hbond substituents is 1. The average molecular weight is 238 g/mol. The van der Waals surface area contributed by atoms with E-state index in [1.165, 1.54) is 0 Å². The van der Waals surface area contributed by atoms with Crippen molar-refractivity contribution in [1.29, 1.82) is 0 Å². The quantitative estimate of drug-likeness (QED) is 0.742. The third-order valence-corrected chi connectivity index (χ3v) is 2.60. The van der Waals surface area contributed by atoms with Gasteiger partial charge in [0.05, 0.1) is 5.69 Å². The minimum atomic E-state index is 0.216. The van der Waals surface area contributed by atoms with Crippen LogP contribution in [0.3, 0.4) is 0 Å². The summed E-state index contributed by atoms with van der Waals surface area (Å²) in [7, 11) is 0. The Morgan fingerprint density at radius 3 is 2.33 bits per heavy atom. The van der Waals surface area contributed by atoms with Gasteiger partial charge in [-0.15, -0.1) is 5.10 Å². The van der Waals surface area contributed by atoms with Gasteiger partial charge in [0.1, 0.15) is 5.75 Å². The van der Waals surface area contributed by atoms with Crippen molar-refractivity contribution in [1.82, 2.24) is 20.2 Å². The zero-order valence-electron chi connectivity index (χ0n) is 9.43. The summed E-state index contributed by atoms with van der Waals surface area (Å²) in [6, 6.07) is 16.4. The standard InChI is InChI=1S/C13H10N4O/c18-12-8-6-11(7-9-12)17-13(14-15-16-17)10-4-2-1-3-5-10/h1-9,18H. The van der Waals surface area contributed by atoms with E-state index in [4.69, 9.17) is 0 Å². The maximum atomic E-state index is 9.28. The van der Waals surface area contributed by atoms with E-state index in [1.54, 1.807) is 28.9 Å². The normalized spacial score (nSPS) is 10.4. The first kappa shape index (κ1) is 10.5. The first-order valence-electron chi connectivity index (χ1n) is 5.48. The zero-order valence-corrected chi connectivity index (χ0v) is 9.43. The van der Waals surface area contributed by atoms with Crippen LogP contribution in [0.4, 0.5) is 0 Å². The van der Waals surface area contributed by atoms with E-state index < -0.39 is 0 Å². The third-order valence-electron chi connectivity index (χ3n) is 2.60. The summed E-state index contributed by atoms with van der Waals surface area (Å²) < 4.78 is 1.63. The number of benzene rings is 2. The molecule has 0 aliphatic heterocycles. The molecule has 88 valence electrons. The Balaban J connectivity index is 2.10. The molecule has 3 rings (SSSR count). The number of rotatable bonds is 2. The summed E-state index contributed by atoms with van der Waals surface area (Å²) in [5.74, 6) is 0.884. The SMILES string of the molecule is Oc1ccc(-n2nnnc2-c2ccccc2)cc1. The van der Waals surface area contributed by atoms with Crippen molar-refractivity contribution >= 4 is 0 Å².